The number of nitrogens with zero attached hydrogens (tertiary/aromatic N) is 4. The summed E-state index contributed by atoms with van der Waals surface area (Å²) in [6.45, 7) is 1.78. The molecule has 0 saturated heterocycles. The Morgan fingerprint density at radius 1 is 1.27 bits per heavy atom. The summed E-state index contributed by atoms with van der Waals surface area (Å²) in [7, 11) is 0. The first-order valence-electron chi connectivity index (χ1n) is 7.45. The Labute approximate surface area is 154 Å². The van der Waals surface area contributed by atoms with Crippen molar-refractivity contribution >= 4 is 50.6 Å². The second-order valence-electron chi connectivity index (χ2n) is 5.16. The van der Waals surface area contributed by atoms with Crippen LogP contribution in [0.4, 0.5) is 10.3 Å². The highest BCUT2D eigenvalue weighted by molar-refractivity contribution is 7.80. The maximum absolute atomic E-state index is 12.7. The largest absolute Gasteiger partial charge is 0.289 e. The van der Waals surface area contributed by atoms with Crippen LogP contribution in [0.3, 0.4) is 0 Å². The summed E-state index contributed by atoms with van der Waals surface area (Å²) >= 11 is -1.61. The highest BCUT2D eigenvalue weighted by atomic mass is 32.2. The molecule has 3 amide bonds. The molecule has 2 aromatic rings. The van der Waals surface area contributed by atoms with E-state index in [0.29, 0.717) is 6.42 Å². The molecule has 2 N–H and O–H groups in total. The zero-order valence-corrected chi connectivity index (χ0v) is 15.0. The van der Waals surface area contributed by atoms with Crippen molar-refractivity contribution in [2.75, 3.05) is 9.73 Å². The topological polar surface area (TPSA) is 133 Å². The number of fused-ring (bicyclic) bond motifs is 1. The van der Waals surface area contributed by atoms with Crippen LogP contribution in [-0.4, -0.2) is 41.7 Å². The molecule has 3 rings (SSSR count). The minimum Gasteiger partial charge on any atom is -0.289 e. The lowest BCUT2D eigenvalue weighted by Crippen LogP contribution is -2.50. The van der Waals surface area contributed by atoms with Gasteiger partial charge in [0.1, 0.15) is 0 Å². The SMILES string of the molecule is CCCC(=O)N(c1nnc(NS(=O)O)s1)N1C(=O)c2ccccc2C1=O. The molecule has 26 heavy (non-hydrogen) atoms. The Morgan fingerprint density at radius 3 is 2.42 bits per heavy atom. The number of hydrazine groups is 1. The molecule has 1 atom stereocenters. The molecule has 136 valence electrons. The third-order valence-corrected chi connectivity index (χ3v) is 4.75. The standard InChI is InChI=1S/C14H13N5O5S2/c1-2-5-10(20)18(14-16-15-13(25-14)17-26(23)24)19-11(21)8-6-3-4-7-9(8)12(19)22/h3-4,6-7H,2,5H2,1H3,(H,15,17)(H,23,24). The quantitative estimate of drug-likeness (QED) is 0.558. The van der Waals surface area contributed by atoms with Crippen molar-refractivity contribution in [2.24, 2.45) is 0 Å². The lowest BCUT2D eigenvalue weighted by Gasteiger charge is -2.26. The molecule has 0 radical (unpaired) electrons. The first kappa shape index (κ1) is 18.1. The smallest absolute Gasteiger partial charge is 0.281 e. The third kappa shape index (κ3) is 3.21. The highest BCUT2D eigenvalue weighted by Gasteiger charge is 2.43. The number of nitrogens with one attached hydrogen (secondary N) is 1. The summed E-state index contributed by atoms with van der Waals surface area (Å²) in [5.74, 6) is -1.81. The highest BCUT2D eigenvalue weighted by Crippen LogP contribution is 2.31. The van der Waals surface area contributed by atoms with Gasteiger partial charge in [-0.05, 0) is 18.6 Å². The minimum absolute atomic E-state index is 0.0354. The van der Waals surface area contributed by atoms with E-state index in [1.807, 2.05) is 0 Å². The molecule has 1 aromatic carbocycles. The van der Waals surface area contributed by atoms with Crippen LogP contribution in [0.5, 0.6) is 0 Å². The van der Waals surface area contributed by atoms with E-state index < -0.39 is 29.0 Å². The van der Waals surface area contributed by atoms with Crippen LogP contribution in [0.25, 0.3) is 0 Å². The van der Waals surface area contributed by atoms with Gasteiger partial charge in [-0.1, -0.05) is 30.4 Å². The summed E-state index contributed by atoms with van der Waals surface area (Å²) in [5, 5.41) is 8.92. The van der Waals surface area contributed by atoms with Crippen molar-refractivity contribution in [1.82, 2.24) is 15.2 Å². The second-order valence-corrected chi connectivity index (χ2v) is 6.82. The zero-order chi connectivity index (χ0) is 18.8. The van der Waals surface area contributed by atoms with E-state index in [1.165, 1.54) is 12.1 Å². The van der Waals surface area contributed by atoms with E-state index in [9.17, 15) is 18.6 Å². The molecular formula is C14H13N5O5S2. The molecule has 10 nitrogen and oxygen atoms in total. The maximum atomic E-state index is 12.7. The fourth-order valence-electron chi connectivity index (χ4n) is 2.40. The van der Waals surface area contributed by atoms with Gasteiger partial charge in [-0.25, -0.2) is 4.21 Å². The van der Waals surface area contributed by atoms with Gasteiger partial charge in [-0.2, -0.15) is 10.0 Å². The summed E-state index contributed by atoms with van der Waals surface area (Å²) in [6.07, 6.45) is 0.560. The Morgan fingerprint density at radius 2 is 1.88 bits per heavy atom. The fraction of sp³-hybridized carbons (Fsp3) is 0.214. The summed E-state index contributed by atoms with van der Waals surface area (Å²) < 4.78 is 21.8. The molecule has 1 aliphatic heterocycles. The van der Waals surface area contributed by atoms with E-state index >= 15 is 0 Å². The van der Waals surface area contributed by atoms with Crippen molar-refractivity contribution in [2.45, 2.75) is 19.8 Å². The molecule has 0 saturated carbocycles. The van der Waals surface area contributed by atoms with Crippen molar-refractivity contribution in [3.63, 3.8) is 0 Å². The Balaban J connectivity index is 2.01. The molecule has 0 fully saturated rings. The molecule has 0 bridgehead atoms. The number of aromatic nitrogens is 2. The molecule has 0 aliphatic carbocycles. The number of carbonyl (C=O) groups is 3. The van der Waals surface area contributed by atoms with Crippen LogP contribution < -0.4 is 9.73 Å². The third-order valence-electron chi connectivity index (χ3n) is 3.44. The first-order chi connectivity index (χ1) is 12.4. The number of amides is 3. The molecule has 1 aromatic heterocycles. The normalized spacial score (nSPS) is 14.3. The summed E-state index contributed by atoms with van der Waals surface area (Å²) in [5.41, 5.74) is 0.372. The van der Waals surface area contributed by atoms with E-state index in [-0.39, 0.29) is 27.8 Å². The van der Waals surface area contributed by atoms with Gasteiger partial charge in [0, 0.05) is 6.42 Å². The predicted octanol–water partition coefficient (Wildman–Crippen LogP) is 1.43. The number of carbonyl (C=O) groups excluding carboxylic acids is 3. The van der Waals surface area contributed by atoms with Crippen LogP contribution in [-0.2, 0) is 16.1 Å². The monoisotopic (exact) mass is 395 g/mol. The summed E-state index contributed by atoms with van der Waals surface area (Å²) in [4.78, 5) is 38.0. The lowest BCUT2D eigenvalue weighted by atomic mass is 10.1. The van der Waals surface area contributed by atoms with Gasteiger partial charge in [0.25, 0.3) is 23.1 Å². The summed E-state index contributed by atoms with van der Waals surface area (Å²) in [6, 6.07) is 6.24. The molecule has 0 spiro atoms. The number of rotatable bonds is 6. The van der Waals surface area contributed by atoms with E-state index in [2.05, 4.69) is 14.9 Å². The zero-order valence-electron chi connectivity index (χ0n) is 13.4. The van der Waals surface area contributed by atoms with Crippen molar-refractivity contribution in [3.05, 3.63) is 35.4 Å². The first-order valence-corrected chi connectivity index (χ1v) is 9.38. The van der Waals surface area contributed by atoms with Crippen molar-refractivity contribution in [1.29, 1.82) is 0 Å². The molecule has 1 aliphatic rings. The van der Waals surface area contributed by atoms with Gasteiger partial charge < -0.3 is 0 Å². The van der Waals surface area contributed by atoms with Gasteiger partial charge in [0.15, 0.2) is 0 Å². The van der Waals surface area contributed by atoms with Crippen LogP contribution in [0.1, 0.15) is 40.5 Å². The van der Waals surface area contributed by atoms with Gasteiger partial charge in [0.2, 0.25) is 16.2 Å². The number of imide groups is 1. The molecule has 2 heterocycles. The fourth-order valence-corrected chi connectivity index (χ4v) is 3.58. The van der Waals surface area contributed by atoms with Crippen LogP contribution >= 0.6 is 11.3 Å². The predicted molar refractivity (Wildman–Crippen MR) is 93.6 cm³/mol. The minimum atomic E-state index is -2.37. The molecule has 12 heteroatoms. The Hall–Kier alpha value is -2.70. The lowest BCUT2D eigenvalue weighted by molar-refractivity contribution is -0.120. The average molecular weight is 395 g/mol. The Bertz CT molecular complexity index is 880. The van der Waals surface area contributed by atoms with Crippen LogP contribution in [0.15, 0.2) is 24.3 Å². The maximum Gasteiger partial charge on any atom is 0.281 e. The van der Waals surface area contributed by atoms with E-state index in [0.717, 1.165) is 21.4 Å². The average Bonchev–Trinajstić information content (AvgIpc) is 3.14. The number of hydrogen-bond donors (Lipinski definition) is 2. The van der Waals surface area contributed by atoms with Gasteiger partial charge >= 0.3 is 0 Å². The molecule has 1 unspecified atom stereocenters. The van der Waals surface area contributed by atoms with Crippen molar-refractivity contribution in [3.8, 4) is 0 Å². The molecular weight excluding hydrogens is 382 g/mol. The van der Waals surface area contributed by atoms with Crippen LogP contribution in [0.2, 0.25) is 0 Å². The van der Waals surface area contributed by atoms with Gasteiger partial charge in [-0.15, -0.1) is 10.2 Å². The van der Waals surface area contributed by atoms with Crippen LogP contribution in [0, 0.1) is 0 Å². The van der Waals surface area contributed by atoms with Crippen molar-refractivity contribution < 1.29 is 23.1 Å². The number of benzene rings is 1. The van der Waals surface area contributed by atoms with Gasteiger partial charge in [-0.3, -0.25) is 23.7 Å². The van der Waals surface area contributed by atoms with Gasteiger partial charge in [0.05, 0.1) is 11.1 Å². The number of anilines is 2. The number of hydrogen-bond acceptors (Lipinski definition) is 7. The Kier molecular flexibility index (Phi) is 5.06. The van der Waals surface area contributed by atoms with E-state index in [4.69, 9.17) is 4.55 Å². The van der Waals surface area contributed by atoms with E-state index in [1.54, 1.807) is 19.1 Å². The second kappa shape index (κ2) is 7.27.